The van der Waals surface area contributed by atoms with Crippen molar-refractivity contribution in [3.8, 4) is 11.5 Å². The second-order valence-corrected chi connectivity index (χ2v) is 9.82. The van der Waals surface area contributed by atoms with Gasteiger partial charge in [0.15, 0.2) is 16.7 Å². The number of carbonyl (C=O) groups excluding carboxylic acids is 1. The first kappa shape index (κ1) is 26.0. The molecule has 0 saturated carbocycles. The standard InChI is InChI=1S/C28H27BrN2O4S/c1-33-15-9-14-31-27(32)25(36-28(31)30-22-12-7-4-8-13-22)18-21-16-23(29)26(24(17-21)34-2)35-19-20-10-5-3-6-11-20/h3-8,10-13,16-18H,9,14-15,19H2,1-2H3/b25-18-,30-28?. The average molecular weight is 568 g/mol. The maximum absolute atomic E-state index is 13.3. The molecular weight excluding hydrogens is 540 g/mol. The zero-order chi connectivity index (χ0) is 25.3. The molecule has 36 heavy (non-hydrogen) atoms. The summed E-state index contributed by atoms with van der Waals surface area (Å²) in [5, 5.41) is 0.655. The fraction of sp³-hybridized carbons (Fsp3) is 0.214. The molecule has 3 aromatic carbocycles. The Morgan fingerprint density at radius 1 is 1.03 bits per heavy atom. The van der Waals surface area contributed by atoms with Crippen LogP contribution >= 0.6 is 27.7 Å². The van der Waals surface area contributed by atoms with E-state index in [1.54, 1.807) is 19.1 Å². The normalized spacial score (nSPS) is 15.6. The van der Waals surface area contributed by atoms with Gasteiger partial charge in [-0.2, -0.15) is 0 Å². The Kier molecular flexibility index (Phi) is 9.22. The van der Waals surface area contributed by atoms with Gasteiger partial charge in [0.2, 0.25) is 0 Å². The summed E-state index contributed by atoms with van der Waals surface area (Å²) in [6.07, 6.45) is 2.58. The Labute approximate surface area is 224 Å². The lowest BCUT2D eigenvalue weighted by Crippen LogP contribution is -2.30. The van der Waals surface area contributed by atoms with Gasteiger partial charge < -0.3 is 14.2 Å². The number of amidine groups is 1. The molecule has 1 fully saturated rings. The van der Waals surface area contributed by atoms with Crippen LogP contribution in [-0.4, -0.2) is 43.3 Å². The minimum absolute atomic E-state index is 0.0784. The number of carbonyl (C=O) groups is 1. The number of rotatable bonds is 10. The third-order valence-corrected chi connectivity index (χ3v) is 6.97. The fourth-order valence-electron chi connectivity index (χ4n) is 3.61. The van der Waals surface area contributed by atoms with Gasteiger partial charge in [-0.25, -0.2) is 4.99 Å². The molecule has 0 aliphatic carbocycles. The first-order chi connectivity index (χ1) is 17.6. The molecule has 6 nitrogen and oxygen atoms in total. The summed E-state index contributed by atoms with van der Waals surface area (Å²) in [4.78, 5) is 20.4. The van der Waals surface area contributed by atoms with E-state index in [0.29, 0.717) is 41.3 Å². The highest BCUT2D eigenvalue weighted by molar-refractivity contribution is 9.10. The molecule has 1 saturated heterocycles. The Hall–Kier alpha value is -3.07. The van der Waals surface area contributed by atoms with E-state index in [1.807, 2.05) is 78.9 Å². The number of halogens is 1. The van der Waals surface area contributed by atoms with Crippen LogP contribution in [0, 0.1) is 0 Å². The lowest BCUT2D eigenvalue weighted by atomic mass is 10.1. The zero-order valence-electron chi connectivity index (χ0n) is 20.1. The van der Waals surface area contributed by atoms with Crippen molar-refractivity contribution in [2.24, 2.45) is 4.99 Å². The minimum atomic E-state index is -0.0784. The van der Waals surface area contributed by atoms with Crippen LogP contribution in [-0.2, 0) is 16.1 Å². The van der Waals surface area contributed by atoms with Crippen LogP contribution in [0.1, 0.15) is 17.5 Å². The van der Waals surface area contributed by atoms with Crippen molar-refractivity contribution >= 4 is 50.5 Å². The Morgan fingerprint density at radius 3 is 2.44 bits per heavy atom. The lowest BCUT2D eigenvalue weighted by molar-refractivity contribution is -0.122. The summed E-state index contributed by atoms with van der Waals surface area (Å²) < 4.78 is 17.6. The molecular formula is C28H27BrN2O4S. The Bertz CT molecular complexity index is 1250. The third kappa shape index (κ3) is 6.57. The summed E-state index contributed by atoms with van der Waals surface area (Å²) in [5.74, 6) is 1.12. The predicted octanol–water partition coefficient (Wildman–Crippen LogP) is 6.68. The van der Waals surface area contributed by atoms with Crippen LogP contribution < -0.4 is 9.47 Å². The average Bonchev–Trinajstić information content (AvgIpc) is 3.18. The zero-order valence-corrected chi connectivity index (χ0v) is 22.6. The number of para-hydroxylation sites is 1. The van der Waals surface area contributed by atoms with E-state index in [2.05, 4.69) is 15.9 Å². The van der Waals surface area contributed by atoms with Gasteiger partial charge in [-0.05, 0) is 75.6 Å². The number of ether oxygens (including phenoxy) is 3. The number of hydrogen-bond acceptors (Lipinski definition) is 6. The molecule has 0 radical (unpaired) electrons. The van der Waals surface area contributed by atoms with E-state index in [0.717, 1.165) is 27.7 Å². The van der Waals surface area contributed by atoms with Gasteiger partial charge in [-0.1, -0.05) is 48.5 Å². The van der Waals surface area contributed by atoms with Crippen molar-refractivity contribution in [1.82, 2.24) is 4.90 Å². The molecule has 3 aromatic rings. The summed E-state index contributed by atoms with van der Waals surface area (Å²) in [6.45, 7) is 1.52. The second-order valence-electron chi connectivity index (χ2n) is 7.95. The number of nitrogens with zero attached hydrogens (tertiary/aromatic N) is 2. The quantitative estimate of drug-likeness (QED) is 0.202. The number of aliphatic imine (C=N–C) groups is 1. The van der Waals surface area contributed by atoms with Crippen molar-refractivity contribution < 1.29 is 19.0 Å². The highest BCUT2D eigenvalue weighted by Gasteiger charge is 2.33. The summed E-state index contributed by atoms with van der Waals surface area (Å²) in [5.41, 5.74) is 2.68. The molecule has 1 aliphatic rings. The monoisotopic (exact) mass is 566 g/mol. The highest BCUT2D eigenvalue weighted by atomic mass is 79.9. The van der Waals surface area contributed by atoms with Gasteiger partial charge in [0.05, 0.1) is 22.2 Å². The second kappa shape index (κ2) is 12.8. The topological polar surface area (TPSA) is 60.4 Å². The van der Waals surface area contributed by atoms with Crippen LogP contribution in [0.5, 0.6) is 11.5 Å². The van der Waals surface area contributed by atoms with Gasteiger partial charge in [-0.3, -0.25) is 9.69 Å². The summed E-state index contributed by atoms with van der Waals surface area (Å²) >= 11 is 4.98. The molecule has 0 N–H and O–H groups in total. The number of thioether (sulfide) groups is 1. The first-order valence-electron chi connectivity index (χ1n) is 11.5. The van der Waals surface area contributed by atoms with Crippen LogP contribution in [0.15, 0.2) is 87.2 Å². The van der Waals surface area contributed by atoms with E-state index in [-0.39, 0.29) is 5.91 Å². The molecule has 1 heterocycles. The van der Waals surface area contributed by atoms with E-state index in [1.165, 1.54) is 11.8 Å². The van der Waals surface area contributed by atoms with Crippen molar-refractivity contribution in [3.05, 3.63) is 93.3 Å². The molecule has 8 heteroatoms. The molecule has 186 valence electrons. The van der Waals surface area contributed by atoms with Gasteiger partial charge in [0.1, 0.15) is 6.61 Å². The minimum Gasteiger partial charge on any atom is -0.493 e. The van der Waals surface area contributed by atoms with E-state index in [9.17, 15) is 4.79 Å². The van der Waals surface area contributed by atoms with E-state index in [4.69, 9.17) is 19.2 Å². The maximum Gasteiger partial charge on any atom is 0.266 e. The van der Waals surface area contributed by atoms with E-state index < -0.39 is 0 Å². The molecule has 0 bridgehead atoms. The molecule has 4 rings (SSSR count). The van der Waals surface area contributed by atoms with Crippen molar-refractivity contribution in [1.29, 1.82) is 0 Å². The lowest BCUT2D eigenvalue weighted by Gasteiger charge is -2.15. The van der Waals surface area contributed by atoms with Gasteiger partial charge in [0.25, 0.3) is 5.91 Å². The van der Waals surface area contributed by atoms with Crippen LogP contribution in [0.4, 0.5) is 5.69 Å². The molecule has 1 aliphatic heterocycles. The maximum atomic E-state index is 13.3. The molecule has 0 unspecified atom stereocenters. The van der Waals surface area contributed by atoms with Gasteiger partial charge in [-0.15, -0.1) is 0 Å². The largest absolute Gasteiger partial charge is 0.493 e. The number of methoxy groups -OCH3 is 2. The van der Waals surface area contributed by atoms with Crippen molar-refractivity contribution in [2.45, 2.75) is 13.0 Å². The highest BCUT2D eigenvalue weighted by Crippen LogP contribution is 2.40. The summed E-state index contributed by atoms with van der Waals surface area (Å²) in [7, 11) is 3.26. The Balaban J connectivity index is 1.59. The van der Waals surface area contributed by atoms with Crippen molar-refractivity contribution in [3.63, 3.8) is 0 Å². The van der Waals surface area contributed by atoms with Gasteiger partial charge >= 0.3 is 0 Å². The van der Waals surface area contributed by atoms with Crippen LogP contribution in [0.25, 0.3) is 6.08 Å². The van der Waals surface area contributed by atoms with Crippen LogP contribution in [0.2, 0.25) is 0 Å². The smallest absolute Gasteiger partial charge is 0.266 e. The molecule has 0 aromatic heterocycles. The number of amides is 1. The predicted molar refractivity (Wildman–Crippen MR) is 149 cm³/mol. The third-order valence-electron chi connectivity index (χ3n) is 5.37. The SMILES string of the molecule is COCCCN1C(=O)/C(=C/c2cc(Br)c(OCc3ccccc3)c(OC)c2)SC1=Nc1ccccc1. The van der Waals surface area contributed by atoms with Crippen molar-refractivity contribution in [2.75, 3.05) is 27.4 Å². The van der Waals surface area contributed by atoms with E-state index >= 15 is 0 Å². The molecule has 1 amide bonds. The molecule has 0 spiro atoms. The fourth-order valence-corrected chi connectivity index (χ4v) is 5.21. The number of hydrogen-bond donors (Lipinski definition) is 0. The molecule has 0 atom stereocenters. The number of benzene rings is 3. The first-order valence-corrected chi connectivity index (χ1v) is 13.1. The van der Waals surface area contributed by atoms with Gasteiger partial charge in [0, 0.05) is 20.3 Å². The van der Waals surface area contributed by atoms with Crippen LogP contribution in [0.3, 0.4) is 0 Å². The Morgan fingerprint density at radius 2 is 1.75 bits per heavy atom. The summed E-state index contributed by atoms with van der Waals surface area (Å²) in [6, 6.07) is 23.4.